The normalized spacial score (nSPS) is 12.5. The SMILES string of the molecule is O=C(c1ccc(C#CCO)cc1)N1CCc2ccccc21. The third kappa shape index (κ3) is 2.67. The Labute approximate surface area is 123 Å². The van der Waals surface area contributed by atoms with Crippen LogP contribution in [0, 0.1) is 11.8 Å². The Kier molecular flexibility index (Phi) is 3.72. The topological polar surface area (TPSA) is 40.5 Å². The van der Waals surface area contributed by atoms with Crippen LogP contribution in [-0.2, 0) is 6.42 Å². The molecule has 0 unspecified atom stereocenters. The summed E-state index contributed by atoms with van der Waals surface area (Å²) in [5.74, 6) is 5.43. The van der Waals surface area contributed by atoms with Crippen molar-refractivity contribution < 1.29 is 9.90 Å². The van der Waals surface area contributed by atoms with Gasteiger partial charge >= 0.3 is 0 Å². The molecule has 0 spiro atoms. The Morgan fingerprint density at radius 3 is 2.67 bits per heavy atom. The summed E-state index contributed by atoms with van der Waals surface area (Å²) in [4.78, 5) is 14.4. The van der Waals surface area contributed by atoms with E-state index < -0.39 is 0 Å². The van der Waals surface area contributed by atoms with Gasteiger partial charge < -0.3 is 10.0 Å². The van der Waals surface area contributed by atoms with Gasteiger partial charge in [-0.25, -0.2) is 0 Å². The molecule has 3 heteroatoms. The number of benzene rings is 2. The Morgan fingerprint density at radius 1 is 1.14 bits per heavy atom. The molecule has 0 bridgehead atoms. The van der Waals surface area contributed by atoms with Crippen LogP contribution in [0.1, 0.15) is 21.5 Å². The van der Waals surface area contributed by atoms with Crippen molar-refractivity contribution in [2.45, 2.75) is 6.42 Å². The van der Waals surface area contributed by atoms with Gasteiger partial charge in [0.2, 0.25) is 0 Å². The molecule has 0 fully saturated rings. The molecule has 0 aromatic heterocycles. The molecular weight excluding hydrogens is 262 g/mol. The molecular formula is C18H15NO2. The van der Waals surface area contributed by atoms with Crippen LogP contribution in [0.5, 0.6) is 0 Å². The fourth-order valence-electron chi connectivity index (χ4n) is 2.54. The van der Waals surface area contributed by atoms with E-state index in [4.69, 9.17) is 5.11 Å². The fraction of sp³-hybridized carbons (Fsp3) is 0.167. The van der Waals surface area contributed by atoms with Crippen molar-refractivity contribution in [3.8, 4) is 11.8 Å². The number of carbonyl (C=O) groups is 1. The molecule has 0 saturated carbocycles. The molecule has 2 aromatic rings. The number of carbonyl (C=O) groups excluding carboxylic acids is 1. The molecule has 1 N–H and O–H groups in total. The van der Waals surface area contributed by atoms with Crippen molar-refractivity contribution >= 4 is 11.6 Å². The summed E-state index contributed by atoms with van der Waals surface area (Å²) in [6.45, 7) is 0.565. The van der Waals surface area contributed by atoms with Gasteiger partial charge in [0, 0.05) is 23.4 Å². The number of aliphatic hydroxyl groups excluding tert-OH is 1. The monoisotopic (exact) mass is 277 g/mol. The number of para-hydroxylation sites is 1. The molecule has 0 aliphatic carbocycles. The van der Waals surface area contributed by atoms with E-state index in [1.165, 1.54) is 5.56 Å². The number of nitrogens with zero attached hydrogens (tertiary/aromatic N) is 1. The maximum atomic E-state index is 12.6. The lowest BCUT2D eigenvalue weighted by atomic mass is 10.1. The number of anilines is 1. The summed E-state index contributed by atoms with van der Waals surface area (Å²) in [6, 6.07) is 15.2. The molecule has 0 atom stereocenters. The van der Waals surface area contributed by atoms with Crippen molar-refractivity contribution in [2.24, 2.45) is 0 Å². The maximum absolute atomic E-state index is 12.6. The predicted molar refractivity (Wildman–Crippen MR) is 82.2 cm³/mol. The maximum Gasteiger partial charge on any atom is 0.258 e. The summed E-state index contributed by atoms with van der Waals surface area (Å²) >= 11 is 0. The third-order valence-electron chi connectivity index (χ3n) is 3.58. The van der Waals surface area contributed by atoms with Gasteiger partial charge in [-0.1, -0.05) is 30.0 Å². The molecule has 1 heterocycles. The molecule has 3 nitrogen and oxygen atoms in total. The van der Waals surface area contributed by atoms with Gasteiger partial charge in [-0.2, -0.15) is 0 Å². The third-order valence-corrected chi connectivity index (χ3v) is 3.58. The number of hydrogen-bond acceptors (Lipinski definition) is 2. The average molecular weight is 277 g/mol. The van der Waals surface area contributed by atoms with Crippen molar-refractivity contribution in [3.05, 3.63) is 65.2 Å². The Bertz CT molecular complexity index is 723. The summed E-state index contributed by atoms with van der Waals surface area (Å²) in [5, 5.41) is 8.67. The predicted octanol–water partition coefficient (Wildman–Crippen LogP) is 2.23. The van der Waals surface area contributed by atoms with Crippen LogP contribution < -0.4 is 4.90 Å². The zero-order valence-electron chi connectivity index (χ0n) is 11.5. The highest BCUT2D eigenvalue weighted by Crippen LogP contribution is 2.28. The summed E-state index contributed by atoms with van der Waals surface area (Å²) in [5.41, 5.74) is 3.67. The van der Waals surface area contributed by atoms with E-state index in [1.54, 1.807) is 24.3 Å². The van der Waals surface area contributed by atoms with Gasteiger partial charge in [-0.15, -0.1) is 0 Å². The fourth-order valence-corrected chi connectivity index (χ4v) is 2.54. The van der Waals surface area contributed by atoms with Crippen molar-refractivity contribution in [3.63, 3.8) is 0 Å². The van der Waals surface area contributed by atoms with Crippen molar-refractivity contribution in [1.29, 1.82) is 0 Å². The van der Waals surface area contributed by atoms with Crippen molar-refractivity contribution in [1.82, 2.24) is 0 Å². The Hall–Kier alpha value is -2.57. The standard InChI is InChI=1S/C18H15NO2/c20-13-3-4-14-7-9-16(10-8-14)18(21)19-12-11-15-5-1-2-6-17(15)19/h1-2,5-10,20H,11-13H2. The second kappa shape index (κ2) is 5.82. The van der Waals surface area contributed by atoms with Crippen LogP contribution in [0.2, 0.25) is 0 Å². The molecule has 3 rings (SSSR count). The Balaban J connectivity index is 1.83. The minimum absolute atomic E-state index is 0.0154. The van der Waals surface area contributed by atoms with E-state index in [9.17, 15) is 4.79 Å². The zero-order valence-corrected chi connectivity index (χ0v) is 11.5. The quantitative estimate of drug-likeness (QED) is 0.812. The average Bonchev–Trinajstić information content (AvgIpc) is 2.97. The minimum atomic E-state index is -0.161. The van der Waals surface area contributed by atoms with Gasteiger partial charge in [0.15, 0.2) is 0 Å². The van der Waals surface area contributed by atoms with Crippen LogP contribution >= 0.6 is 0 Å². The smallest absolute Gasteiger partial charge is 0.258 e. The lowest BCUT2D eigenvalue weighted by Gasteiger charge is -2.17. The van der Waals surface area contributed by atoms with Gasteiger partial charge in [0.1, 0.15) is 6.61 Å². The second-order valence-electron chi connectivity index (χ2n) is 4.87. The van der Waals surface area contributed by atoms with E-state index in [1.807, 2.05) is 23.1 Å². The summed E-state index contributed by atoms with van der Waals surface area (Å²) in [6.07, 6.45) is 0.905. The van der Waals surface area contributed by atoms with Gasteiger partial charge in [-0.05, 0) is 42.3 Å². The molecule has 2 aromatic carbocycles. The van der Waals surface area contributed by atoms with Crippen molar-refractivity contribution in [2.75, 3.05) is 18.1 Å². The summed E-state index contributed by atoms with van der Waals surface area (Å²) < 4.78 is 0. The van der Waals surface area contributed by atoms with E-state index in [2.05, 4.69) is 17.9 Å². The Morgan fingerprint density at radius 2 is 1.90 bits per heavy atom. The minimum Gasteiger partial charge on any atom is -0.384 e. The first kappa shape index (κ1) is 13.4. The number of rotatable bonds is 1. The highest BCUT2D eigenvalue weighted by molar-refractivity contribution is 6.07. The number of fused-ring (bicyclic) bond motifs is 1. The summed E-state index contributed by atoms with van der Waals surface area (Å²) in [7, 11) is 0. The molecule has 0 saturated heterocycles. The van der Waals surface area contributed by atoms with Crippen LogP contribution in [0.4, 0.5) is 5.69 Å². The first-order valence-electron chi connectivity index (χ1n) is 6.89. The molecule has 1 aliphatic rings. The first-order valence-corrected chi connectivity index (χ1v) is 6.89. The largest absolute Gasteiger partial charge is 0.384 e. The lowest BCUT2D eigenvalue weighted by molar-refractivity contribution is 0.0989. The van der Waals surface area contributed by atoms with Gasteiger partial charge in [-0.3, -0.25) is 4.79 Å². The van der Waals surface area contributed by atoms with E-state index in [0.29, 0.717) is 5.56 Å². The van der Waals surface area contributed by atoms with Gasteiger partial charge in [0.05, 0.1) is 0 Å². The first-order chi connectivity index (χ1) is 10.3. The second-order valence-corrected chi connectivity index (χ2v) is 4.87. The highest BCUT2D eigenvalue weighted by atomic mass is 16.2. The number of amides is 1. The van der Waals surface area contributed by atoms with E-state index >= 15 is 0 Å². The zero-order chi connectivity index (χ0) is 14.7. The molecule has 1 amide bonds. The lowest BCUT2D eigenvalue weighted by Crippen LogP contribution is -2.28. The number of aliphatic hydroxyl groups is 1. The molecule has 0 radical (unpaired) electrons. The number of hydrogen-bond donors (Lipinski definition) is 1. The van der Waals surface area contributed by atoms with Gasteiger partial charge in [0.25, 0.3) is 5.91 Å². The van der Waals surface area contributed by atoms with E-state index in [0.717, 1.165) is 24.2 Å². The van der Waals surface area contributed by atoms with E-state index in [-0.39, 0.29) is 12.5 Å². The molecule has 104 valence electrons. The van der Waals surface area contributed by atoms with Crippen LogP contribution in [-0.4, -0.2) is 24.2 Å². The van der Waals surface area contributed by atoms with Crippen LogP contribution in [0.3, 0.4) is 0 Å². The molecule has 21 heavy (non-hydrogen) atoms. The van der Waals surface area contributed by atoms with Crippen LogP contribution in [0.25, 0.3) is 0 Å². The molecule has 1 aliphatic heterocycles. The van der Waals surface area contributed by atoms with Crippen LogP contribution in [0.15, 0.2) is 48.5 Å². The highest BCUT2D eigenvalue weighted by Gasteiger charge is 2.24.